The summed E-state index contributed by atoms with van der Waals surface area (Å²) >= 11 is 0. The van der Waals surface area contributed by atoms with Gasteiger partial charge in [0.15, 0.2) is 5.82 Å². The fourth-order valence-corrected chi connectivity index (χ4v) is 4.10. The van der Waals surface area contributed by atoms with Crippen molar-refractivity contribution in [2.45, 2.75) is 59.8 Å². The van der Waals surface area contributed by atoms with Gasteiger partial charge in [-0.1, -0.05) is 46.8 Å². The predicted molar refractivity (Wildman–Crippen MR) is 139 cm³/mol. The maximum Gasteiger partial charge on any atom is 0.153 e. The average Bonchev–Trinajstić information content (AvgIpc) is 3.26. The summed E-state index contributed by atoms with van der Waals surface area (Å²) in [4.78, 5) is 11.6. The highest BCUT2D eigenvalue weighted by Gasteiger charge is 2.25. The second-order valence-corrected chi connectivity index (χ2v) is 8.86. The van der Waals surface area contributed by atoms with Gasteiger partial charge in [0.2, 0.25) is 0 Å². The van der Waals surface area contributed by atoms with E-state index in [1.165, 1.54) is 23.3 Å². The van der Waals surface area contributed by atoms with Crippen LogP contribution in [-0.2, 0) is 6.42 Å². The molecule has 0 amide bonds. The minimum absolute atomic E-state index is 0.336. The summed E-state index contributed by atoms with van der Waals surface area (Å²) in [6.45, 7) is 18.6. The highest BCUT2D eigenvalue weighted by Crippen LogP contribution is 2.34. The molecule has 7 heteroatoms. The first kappa shape index (κ1) is 24.7. The summed E-state index contributed by atoms with van der Waals surface area (Å²) in [5.41, 5.74) is 6.83. The molecule has 0 atom stereocenters. The van der Waals surface area contributed by atoms with E-state index in [9.17, 15) is 0 Å². The molecule has 1 fully saturated rings. The molecule has 2 aliphatic rings. The van der Waals surface area contributed by atoms with E-state index < -0.39 is 0 Å². The number of aromatic nitrogens is 3. The van der Waals surface area contributed by atoms with Crippen LogP contribution in [0.25, 0.3) is 5.70 Å². The molecule has 0 radical (unpaired) electrons. The Kier molecular flexibility index (Phi) is 8.83. The van der Waals surface area contributed by atoms with Crippen LogP contribution in [-0.4, -0.2) is 47.2 Å². The van der Waals surface area contributed by atoms with Gasteiger partial charge in [0.05, 0.1) is 23.3 Å². The molecule has 7 nitrogen and oxygen atoms in total. The van der Waals surface area contributed by atoms with E-state index in [1.54, 1.807) is 0 Å². The summed E-state index contributed by atoms with van der Waals surface area (Å²) in [5.74, 6) is 1.84. The average molecular weight is 450 g/mol. The molecule has 3 N–H and O–H groups in total. The van der Waals surface area contributed by atoms with Gasteiger partial charge in [0.1, 0.15) is 5.84 Å². The Morgan fingerprint density at radius 1 is 1.24 bits per heavy atom. The van der Waals surface area contributed by atoms with Crippen LogP contribution in [0.15, 0.2) is 41.6 Å². The molecule has 0 unspecified atom stereocenters. The van der Waals surface area contributed by atoms with Crippen molar-refractivity contribution in [2.24, 2.45) is 4.99 Å². The van der Waals surface area contributed by atoms with Crippen LogP contribution in [0.3, 0.4) is 0 Å². The smallest absolute Gasteiger partial charge is 0.153 e. The molecule has 0 bridgehead atoms. The fraction of sp³-hybridized carbons (Fsp3) is 0.500. The number of H-pyrrole nitrogens is 1. The second-order valence-electron chi connectivity index (χ2n) is 8.86. The number of fused-ring (bicyclic) bond motifs is 1. The number of amidine groups is 1. The zero-order chi connectivity index (χ0) is 23.8. The SMILES string of the molecule is C=CC1=C(NC(C)=Nc2ccc(N3CCNCC3)cn2)c2c(C(C)C)n[nH]c2CC1.CCC. The first-order valence-corrected chi connectivity index (χ1v) is 12.2. The van der Waals surface area contributed by atoms with Crippen molar-refractivity contribution < 1.29 is 0 Å². The number of pyridine rings is 1. The number of piperazine rings is 1. The van der Waals surface area contributed by atoms with Crippen molar-refractivity contribution in [3.05, 3.63) is 53.5 Å². The van der Waals surface area contributed by atoms with Gasteiger partial charge in [0.25, 0.3) is 0 Å². The Labute approximate surface area is 198 Å². The van der Waals surface area contributed by atoms with Gasteiger partial charge in [-0.3, -0.25) is 5.10 Å². The molecule has 0 aromatic carbocycles. The third kappa shape index (κ3) is 6.11. The number of rotatable bonds is 5. The molecule has 1 aliphatic heterocycles. The van der Waals surface area contributed by atoms with Crippen LogP contribution in [0.1, 0.15) is 70.3 Å². The van der Waals surface area contributed by atoms with Gasteiger partial charge in [-0.05, 0) is 43.4 Å². The molecule has 2 aromatic rings. The van der Waals surface area contributed by atoms with E-state index in [0.29, 0.717) is 11.7 Å². The van der Waals surface area contributed by atoms with E-state index in [2.05, 4.69) is 71.1 Å². The summed E-state index contributed by atoms with van der Waals surface area (Å²) in [5, 5.41) is 14.7. The molecule has 2 aromatic heterocycles. The van der Waals surface area contributed by atoms with Gasteiger partial charge in [-0.15, -0.1) is 0 Å². The zero-order valence-corrected chi connectivity index (χ0v) is 20.8. The molecule has 33 heavy (non-hydrogen) atoms. The number of anilines is 1. The summed E-state index contributed by atoms with van der Waals surface area (Å²) in [6.07, 6.45) is 6.99. The van der Waals surface area contributed by atoms with E-state index in [-0.39, 0.29) is 0 Å². The third-order valence-electron chi connectivity index (χ3n) is 5.68. The minimum Gasteiger partial charge on any atom is -0.368 e. The number of nitrogens with zero attached hydrogens (tertiary/aromatic N) is 4. The van der Waals surface area contributed by atoms with Crippen molar-refractivity contribution in [2.75, 3.05) is 31.1 Å². The van der Waals surface area contributed by atoms with Gasteiger partial charge in [-0.2, -0.15) is 5.10 Å². The molecule has 1 aliphatic carbocycles. The molecule has 178 valence electrons. The van der Waals surface area contributed by atoms with Crippen molar-refractivity contribution in [3.8, 4) is 0 Å². The minimum atomic E-state index is 0.336. The number of aliphatic imine (C=N–C) groups is 1. The molecule has 0 spiro atoms. The lowest BCUT2D eigenvalue weighted by Gasteiger charge is -2.29. The number of allylic oxidation sites excluding steroid dienone is 2. The first-order valence-electron chi connectivity index (χ1n) is 12.2. The van der Waals surface area contributed by atoms with E-state index in [4.69, 9.17) is 4.99 Å². The van der Waals surface area contributed by atoms with Crippen molar-refractivity contribution >= 4 is 23.0 Å². The lowest BCUT2D eigenvalue weighted by molar-refractivity contribution is 0.589. The molecular weight excluding hydrogens is 410 g/mol. The number of hydrogen-bond donors (Lipinski definition) is 3. The highest BCUT2D eigenvalue weighted by molar-refractivity contribution is 5.93. The van der Waals surface area contributed by atoms with Crippen LogP contribution in [0, 0.1) is 0 Å². The Hall–Kier alpha value is -2.93. The highest BCUT2D eigenvalue weighted by atomic mass is 15.2. The van der Waals surface area contributed by atoms with Crippen LogP contribution in [0.4, 0.5) is 11.5 Å². The maximum absolute atomic E-state index is 4.70. The summed E-state index contributed by atoms with van der Waals surface area (Å²) in [6, 6.07) is 4.08. The Balaban J connectivity index is 0.000000968. The van der Waals surface area contributed by atoms with Crippen LogP contribution >= 0.6 is 0 Å². The quantitative estimate of drug-likeness (QED) is 0.445. The predicted octanol–water partition coefficient (Wildman–Crippen LogP) is 4.94. The Morgan fingerprint density at radius 2 is 1.97 bits per heavy atom. The topological polar surface area (TPSA) is 81.2 Å². The summed E-state index contributed by atoms with van der Waals surface area (Å²) in [7, 11) is 0. The molecule has 4 rings (SSSR count). The van der Waals surface area contributed by atoms with Crippen LogP contribution in [0.5, 0.6) is 0 Å². The van der Waals surface area contributed by atoms with Crippen LogP contribution < -0.4 is 15.5 Å². The lowest BCUT2D eigenvalue weighted by Crippen LogP contribution is -2.43. The van der Waals surface area contributed by atoms with Gasteiger partial charge >= 0.3 is 0 Å². The number of aryl methyl sites for hydroxylation is 1. The Bertz CT molecular complexity index is 977. The zero-order valence-electron chi connectivity index (χ0n) is 20.8. The van der Waals surface area contributed by atoms with Crippen molar-refractivity contribution in [1.82, 2.24) is 25.8 Å². The maximum atomic E-state index is 4.70. The summed E-state index contributed by atoms with van der Waals surface area (Å²) < 4.78 is 0. The molecule has 0 saturated carbocycles. The van der Waals surface area contributed by atoms with Crippen molar-refractivity contribution in [1.29, 1.82) is 0 Å². The standard InChI is InChI=1S/C23H31N7.C3H8/c1-5-17-6-8-19-21(22(15(2)3)29-28-19)23(17)27-16(4)26-20-9-7-18(14-25-20)30-12-10-24-11-13-30;1-3-2/h5,7,9,14-15,24H,1,6,8,10-13H2,2-4H3,(H,28,29)(H,25,26,27);3H2,1-2H3. The van der Waals surface area contributed by atoms with Crippen molar-refractivity contribution in [3.63, 3.8) is 0 Å². The Morgan fingerprint density at radius 3 is 2.58 bits per heavy atom. The normalized spacial score (nSPS) is 16.3. The monoisotopic (exact) mass is 449 g/mol. The second kappa shape index (κ2) is 11.8. The third-order valence-corrected chi connectivity index (χ3v) is 5.68. The lowest BCUT2D eigenvalue weighted by atomic mass is 9.90. The van der Waals surface area contributed by atoms with Gasteiger partial charge in [-0.25, -0.2) is 9.98 Å². The largest absolute Gasteiger partial charge is 0.368 e. The van der Waals surface area contributed by atoms with Gasteiger partial charge < -0.3 is 15.5 Å². The number of hydrogen-bond acceptors (Lipinski definition) is 5. The molecule has 3 heterocycles. The molecule has 1 saturated heterocycles. The number of nitrogens with one attached hydrogen (secondary N) is 3. The molecular formula is C26H39N7. The first-order chi connectivity index (χ1) is 16.0. The van der Waals surface area contributed by atoms with E-state index in [1.807, 2.05) is 25.3 Å². The van der Waals surface area contributed by atoms with Gasteiger partial charge in [0, 0.05) is 37.4 Å². The van der Waals surface area contributed by atoms with E-state index >= 15 is 0 Å². The van der Waals surface area contributed by atoms with E-state index in [0.717, 1.165) is 61.9 Å². The number of aromatic amines is 1. The fourth-order valence-electron chi connectivity index (χ4n) is 4.10. The van der Waals surface area contributed by atoms with Crippen LogP contribution in [0.2, 0.25) is 0 Å².